The van der Waals surface area contributed by atoms with Crippen LogP contribution in [-0.2, 0) is 6.61 Å². The first-order chi connectivity index (χ1) is 10.8. The van der Waals surface area contributed by atoms with Crippen LogP contribution in [0.25, 0.3) is 0 Å². The summed E-state index contributed by atoms with van der Waals surface area (Å²) >= 11 is 0. The van der Waals surface area contributed by atoms with Crippen molar-refractivity contribution in [3.8, 4) is 5.88 Å². The van der Waals surface area contributed by atoms with Crippen LogP contribution < -0.4 is 10.5 Å². The molecule has 0 radical (unpaired) electrons. The van der Waals surface area contributed by atoms with E-state index >= 15 is 0 Å². The van der Waals surface area contributed by atoms with Crippen molar-refractivity contribution in [3.63, 3.8) is 0 Å². The number of hydrogen-bond donors (Lipinski definition) is 1. The first kappa shape index (κ1) is 14.3. The lowest BCUT2D eigenvalue weighted by Gasteiger charge is -2.12. The number of nitrogens with zero attached hydrogens (tertiary/aromatic N) is 1. The van der Waals surface area contributed by atoms with E-state index in [1.165, 1.54) is 0 Å². The molecule has 0 saturated carbocycles. The van der Waals surface area contributed by atoms with Crippen LogP contribution in [0.3, 0.4) is 0 Å². The highest BCUT2D eigenvalue weighted by Gasteiger charge is 2.09. The highest BCUT2D eigenvalue weighted by Crippen LogP contribution is 2.20. The van der Waals surface area contributed by atoms with Crippen molar-refractivity contribution in [2.24, 2.45) is 5.73 Å². The Morgan fingerprint density at radius 2 is 1.50 bits per heavy atom. The van der Waals surface area contributed by atoms with E-state index in [9.17, 15) is 0 Å². The van der Waals surface area contributed by atoms with Crippen LogP contribution in [-0.4, -0.2) is 4.98 Å². The van der Waals surface area contributed by atoms with Crippen molar-refractivity contribution >= 4 is 0 Å². The Morgan fingerprint density at radius 1 is 0.818 bits per heavy atom. The van der Waals surface area contributed by atoms with Crippen LogP contribution in [0.15, 0.2) is 79.0 Å². The summed E-state index contributed by atoms with van der Waals surface area (Å²) in [7, 11) is 0. The van der Waals surface area contributed by atoms with Crippen molar-refractivity contribution in [1.82, 2.24) is 4.98 Å². The lowest BCUT2D eigenvalue weighted by atomic mass is 10.0. The predicted octanol–water partition coefficient (Wildman–Crippen LogP) is 3.71. The van der Waals surface area contributed by atoms with E-state index in [0.29, 0.717) is 12.5 Å². The van der Waals surface area contributed by atoms with Gasteiger partial charge in [-0.15, -0.1) is 0 Å². The molecule has 0 spiro atoms. The van der Waals surface area contributed by atoms with Crippen LogP contribution in [0.4, 0.5) is 0 Å². The van der Waals surface area contributed by atoms with E-state index in [0.717, 1.165) is 16.7 Å². The van der Waals surface area contributed by atoms with Crippen LogP contribution >= 0.6 is 0 Å². The van der Waals surface area contributed by atoms with Crippen molar-refractivity contribution in [2.75, 3.05) is 0 Å². The fourth-order valence-electron chi connectivity index (χ4n) is 2.25. The molecular weight excluding hydrogens is 272 g/mol. The van der Waals surface area contributed by atoms with E-state index in [2.05, 4.69) is 4.98 Å². The Balaban J connectivity index is 1.65. The number of benzene rings is 2. The molecule has 3 nitrogen and oxygen atoms in total. The lowest BCUT2D eigenvalue weighted by Crippen LogP contribution is -2.12. The van der Waals surface area contributed by atoms with Gasteiger partial charge in [-0.1, -0.05) is 66.7 Å². The normalized spacial score (nSPS) is 11.9. The second-order valence-electron chi connectivity index (χ2n) is 5.09. The van der Waals surface area contributed by atoms with E-state index in [-0.39, 0.29) is 6.04 Å². The van der Waals surface area contributed by atoms with Gasteiger partial charge in [0.2, 0.25) is 5.88 Å². The van der Waals surface area contributed by atoms with E-state index in [1.807, 2.05) is 72.8 Å². The zero-order valence-corrected chi connectivity index (χ0v) is 12.2. The van der Waals surface area contributed by atoms with Gasteiger partial charge in [-0.3, -0.25) is 0 Å². The number of ether oxygens (including phenoxy) is 1. The lowest BCUT2D eigenvalue weighted by molar-refractivity contribution is 0.293. The van der Waals surface area contributed by atoms with Gasteiger partial charge in [0.1, 0.15) is 6.61 Å². The van der Waals surface area contributed by atoms with Crippen LogP contribution in [0, 0.1) is 0 Å². The van der Waals surface area contributed by atoms with E-state index in [1.54, 1.807) is 6.20 Å². The molecule has 110 valence electrons. The topological polar surface area (TPSA) is 48.1 Å². The second kappa shape index (κ2) is 6.87. The number of hydrogen-bond acceptors (Lipinski definition) is 3. The summed E-state index contributed by atoms with van der Waals surface area (Å²) in [6.45, 7) is 0.512. The third kappa shape index (κ3) is 3.51. The Hall–Kier alpha value is -2.65. The summed E-state index contributed by atoms with van der Waals surface area (Å²) in [5.74, 6) is 0.605. The maximum absolute atomic E-state index is 6.25. The van der Waals surface area contributed by atoms with Gasteiger partial charge in [0.25, 0.3) is 0 Å². The molecule has 1 aromatic heterocycles. The van der Waals surface area contributed by atoms with Gasteiger partial charge >= 0.3 is 0 Å². The first-order valence-corrected chi connectivity index (χ1v) is 7.26. The second-order valence-corrected chi connectivity index (χ2v) is 5.09. The fourth-order valence-corrected chi connectivity index (χ4v) is 2.25. The molecule has 0 saturated heterocycles. The highest BCUT2D eigenvalue weighted by atomic mass is 16.5. The van der Waals surface area contributed by atoms with Gasteiger partial charge in [-0.05, 0) is 16.7 Å². The number of aromatic nitrogens is 1. The Bertz CT molecular complexity index is 697. The van der Waals surface area contributed by atoms with Crippen molar-refractivity contribution in [3.05, 3.63) is 95.7 Å². The summed E-state index contributed by atoms with van der Waals surface area (Å²) in [4.78, 5) is 4.34. The molecule has 0 fully saturated rings. The van der Waals surface area contributed by atoms with Crippen molar-refractivity contribution in [2.45, 2.75) is 12.6 Å². The number of rotatable bonds is 5. The molecule has 22 heavy (non-hydrogen) atoms. The molecule has 3 heteroatoms. The van der Waals surface area contributed by atoms with Crippen LogP contribution in [0.5, 0.6) is 5.88 Å². The quantitative estimate of drug-likeness (QED) is 0.779. The summed E-state index contributed by atoms with van der Waals surface area (Å²) in [6.07, 6.45) is 1.78. The number of pyridine rings is 1. The molecule has 0 aliphatic heterocycles. The minimum Gasteiger partial charge on any atom is -0.473 e. The van der Waals surface area contributed by atoms with Gasteiger partial charge in [-0.25, -0.2) is 4.98 Å². The van der Waals surface area contributed by atoms with E-state index < -0.39 is 0 Å². The average Bonchev–Trinajstić information content (AvgIpc) is 2.61. The molecule has 0 aliphatic carbocycles. The van der Waals surface area contributed by atoms with Crippen LogP contribution in [0.1, 0.15) is 22.7 Å². The van der Waals surface area contributed by atoms with Gasteiger partial charge in [-0.2, -0.15) is 0 Å². The maximum atomic E-state index is 6.25. The molecule has 1 heterocycles. The van der Waals surface area contributed by atoms with Crippen LogP contribution in [0.2, 0.25) is 0 Å². The van der Waals surface area contributed by atoms with E-state index in [4.69, 9.17) is 10.5 Å². The minimum atomic E-state index is -0.170. The molecule has 3 aromatic rings. The largest absolute Gasteiger partial charge is 0.473 e. The molecule has 2 aromatic carbocycles. The smallest absolute Gasteiger partial charge is 0.213 e. The third-order valence-corrected chi connectivity index (χ3v) is 3.51. The van der Waals surface area contributed by atoms with Gasteiger partial charge in [0, 0.05) is 12.3 Å². The van der Waals surface area contributed by atoms with Gasteiger partial charge in [0.15, 0.2) is 0 Å². The molecule has 3 rings (SSSR count). The summed E-state index contributed by atoms with van der Waals surface area (Å²) in [5, 5.41) is 0. The fraction of sp³-hybridized carbons (Fsp3) is 0.105. The van der Waals surface area contributed by atoms with Crippen molar-refractivity contribution in [1.29, 1.82) is 0 Å². The highest BCUT2D eigenvalue weighted by molar-refractivity contribution is 5.31. The molecule has 1 atom stereocenters. The van der Waals surface area contributed by atoms with Gasteiger partial charge in [0.05, 0.1) is 6.04 Å². The monoisotopic (exact) mass is 290 g/mol. The molecular formula is C19H18N2O. The molecule has 0 aliphatic rings. The zero-order valence-electron chi connectivity index (χ0n) is 12.2. The Labute approximate surface area is 130 Å². The SMILES string of the molecule is NC(c1ccccc1)c1ccc(OCc2ccccc2)nc1. The molecule has 1 unspecified atom stereocenters. The first-order valence-electron chi connectivity index (χ1n) is 7.26. The summed E-state index contributed by atoms with van der Waals surface area (Å²) < 4.78 is 5.68. The summed E-state index contributed by atoms with van der Waals surface area (Å²) in [6, 6.07) is 23.7. The number of nitrogens with two attached hydrogens (primary N) is 1. The molecule has 0 amide bonds. The maximum Gasteiger partial charge on any atom is 0.213 e. The zero-order chi connectivity index (χ0) is 15.2. The predicted molar refractivity (Wildman–Crippen MR) is 87.5 cm³/mol. The third-order valence-electron chi connectivity index (χ3n) is 3.51. The average molecular weight is 290 g/mol. The van der Waals surface area contributed by atoms with Gasteiger partial charge < -0.3 is 10.5 Å². The minimum absolute atomic E-state index is 0.170. The molecule has 2 N–H and O–H groups in total. The standard InChI is InChI=1S/C19H18N2O/c20-19(16-9-5-2-6-10-16)17-11-12-18(21-13-17)22-14-15-7-3-1-4-8-15/h1-13,19H,14,20H2. The Kier molecular flexibility index (Phi) is 4.47. The Morgan fingerprint density at radius 3 is 2.14 bits per heavy atom. The summed E-state index contributed by atoms with van der Waals surface area (Å²) in [5.41, 5.74) is 9.41. The molecule has 0 bridgehead atoms. The van der Waals surface area contributed by atoms with Crippen molar-refractivity contribution < 1.29 is 4.74 Å².